The summed E-state index contributed by atoms with van der Waals surface area (Å²) in [5.74, 6) is 0.353. The lowest BCUT2D eigenvalue weighted by Crippen LogP contribution is -2.42. The lowest BCUT2D eigenvalue weighted by Gasteiger charge is -2.31. The van der Waals surface area contributed by atoms with Crippen molar-refractivity contribution in [1.82, 2.24) is 24.9 Å². The molecule has 0 saturated heterocycles. The number of carbonyl (C=O) groups is 2. The number of nitrogens with one attached hydrogen (secondary N) is 1. The van der Waals surface area contributed by atoms with Gasteiger partial charge in [-0.3, -0.25) is 9.59 Å². The third kappa shape index (κ3) is 6.08. The molecule has 3 heterocycles. The molecule has 0 spiro atoms. The van der Waals surface area contributed by atoms with Gasteiger partial charge in [0.25, 0.3) is 5.91 Å². The predicted octanol–water partition coefficient (Wildman–Crippen LogP) is 6.35. The second kappa shape index (κ2) is 12.4. The van der Waals surface area contributed by atoms with Gasteiger partial charge in [0, 0.05) is 27.7 Å². The first-order chi connectivity index (χ1) is 22.0. The summed E-state index contributed by atoms with van der Waals surface area (Å²) in [5.41, 5.74) is 4.20. The minimum absolute atomic E-state index is 0.0742. The molecular formula is C33H25ClN6O4S. The number of anilines is 1. The molecule has 12 heteroatoms. The summed E-state index contributed by atoms with van der Waals surface area (Å²) in [7, 11) is 0. The molecule has 2 amide bonds. The maximum absolute atomic E-state index is 14.3. The quantitative estimate of drug-likeness (QED) is 0.197. The van der Waals surface area contributed by atoms with E-state index in [1.807, 2.05) is 60.0 Å². The molecule has 1 N–H and O–H groups in total. The molecular weight excluding hydrogens is 612 g/mol. The van der Waals surface area contributed by atoms with E-state index < -0.39 is 11.9 Å². The lowest BCUT2D eigenvalue weighted by molar-refractivity contribution is -0.140. The Morgan fingerprint density at radius 1 is 0.956 bits per heavy atom. The van der Waals surface area contributed by atoms with E-state index in [9.17, 15) is 9.59 Å². The fraction of sp³-hybridized carbons (Fsp3) is 0.121. The monoisotopic (exact) mass is 636 g/mol. The van der Waals surface area contributed by atoms with Crippen LogP contribution in [0.15, 0.2) is 102 Å². The van der Waals surface area contributed by atoms with Crippen LogP contribution >= 0.6 is 22.9 Å². The number of carbonyl (C=O) groups excluding carboxylic acids is 2. The third-order valence-electron chi connectivity index (χ3n) is 7.34. The molecule has 2 aromatic heterocycles. The van der Waals surface area contributed by atoms with E-state index in [0.29, 0.717) is 43.8 Å². The van der Waals surface area contributed by atoms with Gasteiger partial charge < -0.3 is 19.7 Å². The fourth-order valence-corrected chi connectivity index (χ4v) is 6.08. The average Bonchev–Trinajstić information content (AvgIpc) is 3.82. The molecule has 0 bridgehead atoms. The largest absolute Gasteiger partial charge is 0.454 e. The summed E-state index contributed by atoms with van der Waals surface area (Å²) < 4.78 is 12.5. The Balaban J connectivity index is 1.26. The number of hydrogen-bond acceptors (Lipinski definition) is 8. The molecule has 0 aliphatic carbocycles. The topological polar surface area (TPSA) is 111 Å². The normalized spacial score (nSPS) is 12.6. The average molecular weight is 637 g/mol. The fourth-order valence-electron chi connectivity index (χ4n) is 5.15. The van der Waals surface area contributed by atoms with Crippen molar-refractivity contribution in [3.05, 3.63) is 118 Å². The summed E-state index contributed by atoms with van der Waals surface area (Å²) in [6.45, 7) is 0.0435. The van der Waals surface area contributed by atoms with Crippen LogP contribution in [-0.4, -0.2) is 43.5 Å². The number of ether oxygens (including phenoxy) is 2. The Kier molecular flexibility index (Phi) is 7.85. The highest BCUT2D eigenvalue weighted by molar-refractivity contribution is 7.09. The molecule has 45 heavy (non-hydrogen) atoms. The molecule has 0 radical (unpaired) electrons. The van der Waals surface area contributed by atoms with E-state index in [2.05, 4.69) is 15.6 Å². The van der Waals surface area contributed by atoms with Crippen molar-refractivity contribution in [3.63, 3.8) is 0 Å². The Hall–Kier alpha value is -5.26. The Morgan fingerprint density at radius 2 is 1.73 bits per heavy atom. The second-order valence-electron chi connectivity index (χ2n) is 10.3. The van der Waals surface area contributed by atoms with Gasteiger partial charge in [-0.1, -0.05) is 71.4 Å². The molecule has 224 valence electrons. The number of para-hydroxylation sites is 1. The van der Waals surface area contributed by atoms with Crippen LogP contribution in [0.25, 0.3) is 22.3 Å². The zero-order valence-electron chi connectivity index (χ0n) is 23.7. The van der Waals surface area contributed by atoms with E-state index in [1.165, 1.54) is 20.9 Å². The van der Waals surface area contributed by atoms with E-state index >= 15 is 0 Å². The maximum Gasteiger partial charge on any atom is 0.251 e. The number of fused-ring (bicyclic) bond motifs is 2. The van der Waals surface area contributed by atoms with Crippen LogP contribution in [0.5, 0.6) is 11.5 Å². The van der Waals surface area contributed by atoms with Crippen LogP contribution < -0.4 is 14.8 Å². The zero-order chi connectivity index (χ0) is 30.8. The minimum Gasteiger partial charge on any atom is -0.454 e. The van der Waals surface area contributed by atoms with Gasteiger partial charge in [-0.25, -0.2) is 9.67 Å². The summed E-state index contributed by atoms with van der Waals surface area (Å²) in [6, 6.07) is 28.2. The van der Waals surface area contributed by atoms with E-state index in [1.54, 1.807) is 42.5 Å². The molecule has 1 atom stereocenters. The highest BCUT2D eigenvalue weighted by Crippen LogP contribution is 2.35. The van der Waals surface area contributed by atoms with Crippen LogP contribution in [0.4, 0.5) is 5.69 Å². The Morgan fingerprint density at radius 3 is 2.58 bits per heavy atom. The van der Waals surface area contributed by atoms with Crippen LogP contribution in [0.2, 0.25) is 5.02 Å². The molecule has 1 aliphatic heterocycles. The van der Waals surface area contributed by atoms with Gasteiger partial charge in [0.2, 0.25) is 12.7 Å². The van der Waals surface area contributed by atoms with Gasteiger partial charge in [0.1, 0.15) is 23.1 Å². The van der Waals surface area contributed by atoms with Gasteiger partial charge in [0.05, 0.1) is 17.8 Å². The maximum atomic E-state index is 14.3. The molecule has 0 saturated carbocycles. The third-order valence-corrected chi connectivity index (χ3v) is 8.42. The van der Waals surface area contributed by atoms with Gasteiger partial charge >= 0.3 is 0 Å². The number of halogens is 1. The lowest BCUT2D eigenvalue weighted by atomic mass is 10.0. The number of amides is 2. The van der Waals surface area contributed by atoms with E-state index in [0.717, 1.165) is 11.3 Å². The van der Waals surface area contributed by atoms with Crippen molar-refractivity contribution >= 4 is 51.5 Å². The summed E-state index contributed by atoms with van der Waals surface area (Å²) >= 11 is 7.65. The molecule has 1 aliphatic rings. The van der Waals surface area contributed by atoms with Gasteiger partial charge in [0.15, 0.2) is 11.5 Å². The summed E-state index contributed by atoms with van der Waals surface area (Å²) in [5, 5.41) is 14.5. The SMILES string of the molecule is O=C(Nc1ccc2c(c1)OCO2)[C@H](c1ccc(Cl)cc1)N(Cc1nc(-c2ccccc2)cs1)C(=O)Cn1nnc2ccccc21. The van der Waals surface area contributed by atoms with Crippen LogP contribution in [-0.2, 0) is 22.7 Å². The zero-order valence-corrected chi connectivity index (χ0v) is 25.2. The first-order valence-electron chi connectivity index (χ1n) is 14.1. The van der Waals surface area contributed by atoms with Crippen LogP contribution in [0.1, 0.15) is 16.6 Å². The van der Waals surface area contributed by atoms with Crippen LogP contribution in [0, 0.1) is 0 Å². The number of rotatable bonds is 9. The van der Waals surface area contributed by atoms with Crippen molar-refractivity contribution in [2.45, 2.75) is 19.1 Å². The van der Waals surface area contributed by atoms with Crippen molar-refractivity contribution in [3.8, 4) is 22.8 Å². The van der Waals surface area contributed by atoms with Crippen molar-refractivity contribution in [1.29, 1.82) is 0 Å². The number of thiazole rings is 1. The highest BCUT2D eigenvalue weighted by Gasteiger charge is 2.33. The van der Waals surface area contributed by atoms with Crippen molar-refractivity contribution < 1.29 is 19.1 Å². The van der Waals surface area contributed by atoms with E-state index in [4.69, 9.17) is 26.1 Å². The minimum atomic E-state index is -1.04. The summed E-state index contributed by atoms with van der Waals surface area (Å²) in [4.78, 5) is 34.9. The van der Waals surface area contributed by atoms with Crippen molar-refractivity contribution in [2.24, 2.45) is 0 Å². The first-order valence-corrected chi connectivity index (χ1v) is 15.3. The molecule has 4 aromatic carbocycles. The number of benzene rings is 4. The van der Waals surface area contributed by atoms with E-state index in [-0.39, 0.29) is 25.8 Å². The first kappa shape index (κ1) is 28.5. The smallest absolute Gasteiger partial charge is 0.251 e. The van der Waals surface area contributed by atoms with Gasteiger partial charge in [-0.05, 0) is 42.0 Å². The van der Waals surface area contributed by atoms with Gasteiger partial charge in [-0.15, -0.1) is 16.4 Å². The van der Waals surface area contributed by atoms with Gasteiger partial charge in [-0.2, -0.15) is 0 Å². The molecule has 0 unspecified atom stereocenters. The number of aromatic nitrogens is 4. The molecule has 0 fully saturated rings. The highest BCUT2D eigenvalue weighted by atomic mass is 35.5. The number of hydrogen-bond donors (Lipinski definition) is 1. The number of nitrogens with zero attached hydrogens (tertiary/aromatic N) is 5. The van der Waals surface area contributed by atoms with Crippen molar-refractivity contribution in [2.75, 3.05) is 12.1 Å². The molecule has 6 aromatic rings. The second-order valence-corrected chi connectivity index (χ2v) is 11.6. The molecule has 10 nitrogen and oxygen atoms in total. The summed E-state index contributed by atoms with van der Waals surface area (Å²) in [6.07, 6.45) is 0. The molecule has 7 rings (SSSR count). The van der Waals surface area contributed by atoms with Crippen LogP contribution in [0.3, 0.4) is 0 Å². The Bertz CT molecular complexity index is 2000. The standard InChI is InChI=1S/C33H25ClN6O4S/c34-23-12-10-22(11-13-23)32(33(42)35-24-14-15-28-29(16-24)44-20-43-28)39(17-30-36-26(19-45-30)21-6-2-1-3-7-21)31(41)18-40-27-9-5-4-8-25(27)37-38-40/h1-16,19,32H,17-18,20H2,(H,35,42)/t32-/m0/s1. The predicted molar refractivity (Wildman–Crippen MR) is 171 cm³/mol. The Labute approximate surface area is 266 Å².